The zero-order chi connectivity index (χ0) is 15.0. The molecule has 1 fully saturated rings. The Labute approximate surface area is 125 Å². The SMILES string of the molecule is CO[C@@H]1COC[C@H]1n1c(C(N)=O)cc2cnc(SC)nc21. The Morgan fingerprint density at radius 3 is 3.05 bits per heavy atom. The van der Waals surface area contributed by atoms with Gasteiger partial charge in [0.05, 0.1) is 19.3 Å². The highest BCUT2D eigenvalue weighted by Crippen LogP contribution is 2.29. The molecule has 0 unspecified atom stereocenters. The van der Waals surface area contributed by atoms with Crippen LogP contribution in [-0.4, -0.2) is 53.1 Å². The predicted molar refractivity (Wildman–Crippen MR) is 78.5 cm³/mol. The van der Waals surface area contributed by atoms with Crippen LogP contribution < -0.4 is 5.73 Å². The fourth-order valence-electron chi connectivity index (χ4n) is 2.61. The summed E-state index contributed by atoms with van der Waals surface area (Å²) in [6, 6.07) is 1.59. The summed E-state index contributed by atoms with van der Waals surface area (Å²) < 4.78 is 12.7. The Morgan fingerprint density at radius 1 is 1.57 bits per heavy atom. The maximum absolute atomic E-state index is 11.8. The molecule has 2 aromatic rings. The van der Waals surface area contributed by atoms with E-state index in [1.165, 1.54) is 11.8 Å². The second-order valence-electron chi connectivity index (χ2n) is 4.78. The largest absolute Gasteiger partial charge is 0.377 e. The number of carbonyl (C=O) groups is 1. The minimum absolute atomic E-state index is 0.125. The molecule has 0 spiro atoms. The van der Waals surface area contributed by atoms with Crippen molar-refractivity contribution < 1.29 is 14.3 Å². The number of ether oxygens (including phenoxy) is 2. The van der Waals surface area contributed by atoms with E-state index in [0.29, 0.717) is 29.7 Å². The molecule has 112 valence electrons. The zero-order valence-electron chi connectivity index (χ0n) is 11.8. The quantitative estimate of drug-likeness (QED) is 0.664. The number of amides is 1. The lowest BCUT2D eigenvalue weighted by atomic mass is 10.2. The average Bonchev–Trinajstić information content (AvgIpc) is 3.09. The number of nitrogens with zero attached hydrogens (tertiary/aromatic N) is 3. The van der Waals surface area contributed by atoms with Crippen LogP contribution in [0.15, 0.2) is 17.4 Å². The summed E-state index contributed by atoms with van der Waals surface area (Å²) in [6.07, 6.45) is 3.47. The van der Waals surface area contributed by atoms with Crippen molar-refractivity contribution in [3.8, 4) is 0 Å². The summed E-state index contributed by atoms with van der Waals surface area (Å²) in [5.41, 5.74) is 6.59. The summed E-state index contributed by atoms with van der Waals surface area (Å²) in [5.74, 6) is -0.500. The van der Waals surface area contributed by atoms with Crippen molar-refractivity contribution in [3.05, 3.63) is 18.0 Å². The fourth-order valence-corrected chi connectivity index (χ4v) is 2.94. The number of aromatic nitrogens is 3. The van der Waals surface area contributed by atoms with Gasteiger partial charge in [-0.05, 0) is 12.3 Å². The molecule has 0 aromatic carbocycles. The van der Waals surface area contributed by atoms with Crippen LogP contribution in [0.25, 0.3) is 11.0 Å². The molecule has 21 heavy (non-hydrogen) atoms. The number of thioether (sulfide) groups is 1. The molecule has 3 heterocycles. The smallest absolute Gasteiger partial charge is 0.265 e. The molecule has 3 rings (SSSR count). The van der Waals surface area contributed by atoms with Gasteiger partial charge >= 0.3 is 0 Å². The molecule has 8 heteroatoms. The van der Waals surface area contributed by atoms with Gasteiger partial charge in [0.25, 0.3) is 5.91 Å². The molecule has 1 saturated heterocycles. The topological polar surface area (TPSA) is 92.3 Å². The lowest BCUT2D eigenvalue weighted by Crippen LogP contribution is -2.28. The first-order valence-electron chi connectivity index (χ1n) is 6.48. The van der Waals surface area contributed by atoms with Crippen LogP contribution >= 0.6 is 11.8 Å². The highest BCUT2D eigenvalue weighted by molar-refractivity contribution is 7.98. The van der Waals surface area contributed by atoms with Gasteiger partial charge in [-0.1, -0.05) is 11.8 Å². The minimum atomic E-state index is -0.500. The summed E-state index contributed by atoms with van der Waals surface area (Å²) in [7, 11) is 1.63. The molecule has 2 atom stereocenters. The second kappa shape index (κ2) is 5.63. The highest BCUT2D eigenvalue weighted by Gasteiger charge is 2.33. The Morgan fingerprint density at radius 2 is 2.38 bits per heavy atom. The van der Waals surface area contributed by atoms with Crippen molar-refractivity contribution in [1.82, 2.24) is 14.5 Å². The van der Waals surface area contributed by atoms with E-state index in [9.17, 15) is 4.79 Å². The Bertz CT molecular complexity index is 687. The van der Waals surface area contributed by atoms with Gasteiger partial charge in [0.1, 0.15) is 17.4 Å². The van der Waals surface area contributed by atoms with Crippen LogP contribution in [0.3, 0.4) is 0 Å². The van der Waals surface area contributed by atoms with E-state index in [1.54, 1.807) is 19.4 Å². The summed E-state index contributed by atoms with van der Waals surface area (Å²) >= 11 is 1.44. The van der Waals surface area contributed by atoms with Crippen LogP contribution in [0, 0.1) is 0 Å². The molecular formula is C13H16N4O3S. The van der Waals surface area contributed by atoms with Crippen molar-refractivity contribution in [2.45, 2.75) is 17.3 Å². The van der Waals surface area contributed by atoms with Crippen molar-refractivity contribution in [2.24, 2.45) is 5.73 Å². The van der Waals surface area contributed by atoms with Gasteiger partial charge in [-0.25, -0.2) is 9.97 Å². The highest BCUT2D eigenvalue weighted by atomic mass is 32.2. The number of hydrogen-bond acceptors (Lipinski definition) is 6. The van der Waals surface area contributed by atoms with E-state index in [4.69, 9.17) is 15.2 Å². The van der Waals surface area contributed by atoms with E-state index in [-0.39, 0.29) is 12.1 Å². The summed E-state index contributed by atoms with van der Waals surface area (Å²) in [5, 5.41) is 1.43. The van der Waals surface area contributed by atoms with E-state index in [0.717, 1.165) is 5.39 Å². The summed E-state index contributed by atoms with van der Waals surface area (Å²) in [6.45, 7) is 0.945. The number of methoxy groups -OCH3 is 1. The van der Waals surface area contributed by atoms with Gasteiger partial charge < -0.3 is 19.8 Å². The lowest BCUT2D eigenvalue weighted by molar-refractivity contribution is 0.0683. The normalized spacial score (nSPS) is 22.0. The van der Waals surface area contributed by atoms with E-state index < -0.39 is 5.91 Å². The van der Waals surface area contributed by atoms with E-state index in [2.05, 4.69) is 9.97 Å². The second-order valence-corrected chi connectivity index (χ2v) is 5.55. The molecule has 2 N–H and O–H groups in total. The third kappa shape index (κ3) is 2.39. The molecule has 0 radical (unpaired) electrons. The third-order valence-electron chi connectivity index (χ3n) is 3.62. The number of fused-ring (bicyclic) bond motifs is 1. The van der Waals surface area contributed by atoms with Crippen LogP contribution in [0.5, 0.6) is 0 Å². The molecule has 0 aliphatic carbocycles. The lowest BCUT2D eigenvalue weighted by Gasteiger charge is -2.20. The van der Waals surface area contributed by atoms with Crippen LogP contribution in [-0.2, 0) is 9.47 Å². The van der Waals surface area contributed by atoms with E-state index in [1.807, 2.05) is 10.8 Å². The first kappa shape index (κ1) is 14.3. The predicted octanol–water partition coefficient (Wildman–Crippen LogP) is 0.838. The van der Waals surface area contributed by atoms with Gasteiger partial charge in [0, 0.05) is 18.7 Å². The molecule has 1 aliphatic rings. The van der Waals surface area contributed by atoms with Gasteiger partial charge in [-0.3, -0.25) is 4.79 Å². The standard InChI is InChI=1S/C13H16N4O3S/c1-19-10-6-20-5-9(10)17-8(11(14)18)3-7-4-15-13(21-2)16-12(7)17/h3-4,9-10H,5-6H2,1-2H3,(H2,14,18)/t9-,10-/m1/s1. The van der Waals surface area contributed by atoms with Crippen molar-refractivity contribution >= 4 is 28.7 Å². The van der Waals surface area contributed by atoms with Crippen molar-refractivity contribution in [1.29, 1.82) is 0 Å². The summed E-state index contributed by atoms with van der Waals surface area (Å²) in [4.78, 5) is 20.5. The maximum atomic E-state index is 11.8. The molecule has 1 amide bonds. The fraction of sp³-hybridized carbons (Fsp3) is 0.462. The van der Waals surface area contributed by atoms with Crippen LogP contribution in [0.4, 0.5) is 0 Å². The molecular weight excluding hydrogens is 292 g/mol. The van der Waals surface area contributed by atoms with Gasteiger partial charge in [0.2, 0.25) is 0 Å². The average molecular weight is 308 g/mol. The maximum Gasteiger partial charge on any atom is 0.265 e. The number of hydrogen-bond donors (Lipinski definition) is 1. The first-order valence-corrected chi connectivity index (χ1v) is 7.70. The third-order valence-corrected chi connectivity index (χ3v) is 4.18. The Balaban J connectivity index is 2.21. The number of carbonyl (C=O) groups excluding carboxylic acids is 1. The monoisotopic (exact) mass is 308 g/mol. The number of primary amides is 1. The van der Waals surface area contributed by atoms with Gasteiger partial charge in [-0.15, -0.1) is 0 Å². The Kier molecular flexibility index (Phi) is 3.83. The first-order chi connectivity index (χ1) is 10.2. The van der Waals surface area contributed by atoms with Crippen LogP contribution in [0.2, 0.25) is 0 Å². The zero-order valence-corrected chi connectivity index (χ0v) is 12.6. The number of nitrogens with two attached hydrogens (primary N) is 1. The molecule has 0 saturated carbocycles. The molecule has 0 bridgehead atoms. The van der Waals surface area contributed by atoms with Crippen LogP contribution in [0.1, 0.15) is 16.5 Å². The van der Waals surface area contributed by atoms with Gasteiger partial charge in [0.15, 0.2) is 5.16 Å². The number of rotatable bonds is 4. The minimum Gasteiger partial charge on any atom is -0.377 e. The molecule has 7 nitrogen and oxygen atoms in total. The van der Waals surface area contributed by atoms with E-state index >= 15 is 0 Å². The van der Waals surface area contributed by atoms with Crippen molar-refractivity contribution in [2.75, 3.05) is 26.6 Å². The van der Waals surface area contributed by atoms with Gasteiger partial charge in [-0.2, -0.15) is 0 Å². The molecule has 1 aliphatic heterocycles. The Hall–Kier alpha value is -1.64. The van der Waals surface area contributed by atoms with Crippen molar-refractivity contribution in [3.63, 3.8) is 0 Å². The molecule has 2 aromatic heterocycles.